The normalized spacial score (nSPS) is 19.5. The van der Waals surface area contributed by atoms with Crippen molar-refractivity contribution < 1.29 is 9.53 Å². The van der Waals surface area contributed by atoms with E-state index in [0.29, 0.717) is 0 Å². The van der Waals surface area contributed by atoms with Gasteiger partial charge in [0.15, 0.2) is 0 Å². The number of hydrogen-bond acceptors (Lipinski definition) is 2. The van der Waals surface area contributed by atoms with Crippen LogP contribution in [0.5, 0.6) is 5.75 Å². The minimum atomic E-state index is -0.00269. The monoisotopic (exact) mass is 279 g/mol. The van der Waals surface area contributed by atoms with Gasteiger partial charge in [0.2, 0.25) is 0 Å². The molecule has 0 bridgehead atoms. The summed E-state index contributed by atoms with van der Waals surface area (Å²) >= 11 is 0. The van der Waals surface area contributed by atoms with Crippen LogP contribution in [0.15, 0.2) is 66.2 Å². The Hall–Kier alpha value is -2.55. The van der Waals surface area contributed by atoms with E-state index >= 15 is 0 Å². The molecule has 0 aliphatic carbocycles. The topological polar surface area (TPSA) is 29.5 Å². The fourth-order valence-corrected chi connectivity index (χ4v) is 2.70. The molecule has 1 atom stereocenters. The summed E-state index contributed by atoms with van der Waals surface area (Å²) in [6, 6.07) is 17.7. The standard InChI is InChI=1S/C18H17NO2/c1-3-16-17(13-7-5-4-6-8-13)19(18(16)20)14-9-11-15(21-2)12-10-14/h3-12,17H,1-2H3/b16-3-. The van der Waals surface area contributed by atoms with E-state index in [-0.39, 0.29) is 11.9 Å². The van der Waals surface area contributed by atoms with Gasteiger partial charge in [0.1, 0.15) is 5.75 Å². The smallest absolute Gasteiger partial charge is 0.257 e. The molecular weight excluding hydrogens is 262 g/mol. The maximum absolute atomic E-state index is 12.4. The number of methoxy groups -OCH3 is 1. The molecule has 1 unspecified atom stereocenters. The van der Waals surface area contributed by atoms with Gasteiger partial charge in [-0.15, -0.1) is 0 Å². The molecule has 106 valence electrons. The molecule has 0 spiro atoms. The lowest BCUT2D eigenvalue weighted by molar-refractivity contribution is -0.119. The molecule has 2 aromatic carbocycles. The number of amides is 1. The first-order chi connectivity index (χ1) is 10.3. The highest BCUT2D eigenvalue weighted by atomic mass is 16.5. The predicted octanol–water partition coefficient (Wildman–Crippen LogP) is 3.73. The second kappa shape index (κ2) is 5.44. The fourth-order valence-electron chi connectivity index (χ4n) is 2.70. The van der Waals surface area contributed by atoms with Crippen LogP contribution < -0.4 is 9.64 Å². The van der Waals surface area contributed by atoms with E-state index in [1.807, 2.05) is 60.4 Å². The molecule has 2 aromatic rings. The van der Waals surface area contributed by atoms with Gasteiger partial charge in [-0.25, -0.2) is 0 Å². The molecule has 3 nitrogen and oxygen atoms in total. The van der Waals surface area contributed by atoms with Crippen molar-refractivity contribution in [3.05, 3.63) is 71.8 Å². The van der Waals surface area contributed by atoms with Gasteiger partial charge in [0.05, 0.1) is 13.2 Å². The molecule has 1 amide bonds. The van der Waals surface area contributed by atoms with Crippen molar-refractivity contribution >= 4 is 11.6 Å². The highest BCUT2D eigenvalue weighted by molar-refractivity contribution is 6.15. The SMILES string of the molecule is C/C=C1\C(=O)N(c2ccc(OC)cc2)C1c1ccccc1. The summed E-state index contributed by atoms with van der Waals surface area (Å²) in [7, 11) is 1.63. The Morgan fingerprint density at radius 1 is 1.05 bits per heavy atom. The highest BCUT2D eigenvalue weighted by Crippen LogP contribution is 2.43. The summed E-state index contributed by atoms with van der Waals surface area (Å²) in [5.74, 6) is 0.853. The Bertz CT molecular complexity index is 674. The molecule has 3 rings (SSSR count). The Kier molecular flexibility index (Phi) is 3.48. The number of ether oxygens (including phenoxy) is 1. The second-order valence-corrected chi connectivity index (χ2v) is 4.93. The van der Waals surface area contributed by atoms with Crippen LogP contribution in [0.25, 0.3) is 0 Å². The number of allylic oxidation sites excluding steroid dienone is 1. The van der Waals surface area contributed by atoms with E-state index in [1.54, 1.807) is 7.11 Å². The molecular formula is C18H17NO2. The largest absolute Gasteiger partial charge is 0.497 e. The Labute approximate surface area is 124 Å². The number of carbonyl (C=O) groups excluding carboxylic acids is 1. The first kappa shape index (κ1) is 13.4. The van der Waals surface area contributed by atoms with Crippen molar-refractivity contribution in [2.24, 2.45) is 0 Å². The van der Waals surface area contributed by atoms with Crippen molar-refractivity contribution in [2.75, 3.05) is 12.0 Å². The maximum atomic E-state index is 12.4. The highest BCUT2D eigenvalue weighted by Gasteiger charge is 2.43. The van der Waals surface area contributed by atoms with Crippen LogP contribution in [0, 0.1) is 0 Å². The molecule has 0 N–H and O–H groups in total. The third-order valence-electron chi connectivity index (χ3n) is 3.80. The van der Waals surface area contributed by atoms with Gasteiger partial charge in [-0.2, -0.15) is 0 Å². The first-order valence-corrected chi connectivity index (χ1v) is 6.95. The Morgan fingerprint density at radius 3 is 2.29 bits per heavy atom. The maximum Gasteiger partial charge on any atom is 0.257 e. The van der Waals surface area contributed by atoms with Gasteiger partial charge in [-0.1, -0.05) is 36.4 Å². The van der Waals surface area contributed by atoms with E-state index in [2.05, 4.69) is 12.1 Å². The fraction of sp³-hybridized carbons (Fsp3) is 0.167. The minimum absolute atomic E-state index is 0.00269. The Balaban J connectivity index is 1.98. The van der Waals surface area contributed by atoms with E-state index in [0.717, 1.165) is 22.6 Å². The van der Waals surface area contributed by atoms with Crippen LogP contribution in [0.4, 0.5) is 5.69 Å². The number of benzene rings is 2. The number of anilines is 1. The van der Waals surface area contributed by atoms with E-state index in [9.17, 15) is 4.79 Å². The quantitative estimate of drug-likeness (QED) is 0.633. The first-order valence-electron chi connectivity index (χ1n) is 6.95. The average molecular weight is 279 g/mol. The zero-order valence-corrected chi connectivity index (χ0v) is 12.1. The molecule has 3 heteroatoms. The predicted molar refractivity (Wildman–Crippen MR) is 83.4 cm³/mol. The molecule has 1 aliphatic rings. The van der Waals surface area contributed by atoms with Crippen molar-refractivity contribution in [3.8, 4) is 5.75 Å². The third kappa shape index (κ3) is 2.21. The van der Waals surface area contributed by atoms with Gasteiger partial charge in [-0.05, 0) is 36.8 Å². The van der Waals surface area contributed by atoms with E-state index < -0.39 is 0 Å². The molecule has 0 aromatic heterocycles. The van der Waals surface area contributed by atoms with Crippen molar-refractivity contribution in [3.63, 3.8) is 0 Å². The summed E-state index contributed by atoms with van der Waals surface area (Å²) in [6.07, 6.45) is 1.90. The Morgan fingerprint density at radius 2 is 1.71 bits per heavy atom. The van der Waals surface area contributed by atoms with Crippen LogP contribution in [0.2, 0.25) is 0 Å². The minimum Gasteiger partial charge on any atom is -0.497 e. The summed E-state index contributed by atoms with van der Waals surface area (Å²) in [5.41, 5.74) is 2.86. The van der Waals surface area contributed by atoms with Gasteiger partial charge < -0.3 is 4.74 Å². The van der Waals surface area contributed by atoms with Crippen LogP contribution in [-0.2, 0) is 4.79 Å². The lowest BCUT2D eigenvalue weighted by atomic mass is 9.87. The lowest BCUT2D eigenvalue weighted by Gasteiger charge is -2.43. The second-order valence-electron chi connectivity index (χ2n) is 4.93. The number of nitrogens with zero attached hydrogens (tertiary/aromatic N) is 1. The average Bonchev–Trinajstić information content (AvgIpc) is 2.54. The third-order valence-corrected chi connectivity index (χ3v) is 3.80. The molecule has 0 radical (unpaired) electrons. The number of hydrogen-bond donors (Lipinski definition) is 0. The molecule has 1 aliphatic heterocycles. The molecule has 1 heterocycles. The number of carbonyl (C=O) groups is 1. The molecule has 0 saturated carbocycles. The van der Waals surface area contributed by atoms with Crippen molar-refractivity contribution in [1.82, 2.24) is 0 Å². The van der Waals surface area contributed by atoms with Crippen LogP contribution in [-0.4, -0.2) is 13.0 Å². The van der Waals surface area contributed by atoms with Gasteiger partial charge in [-0.3, -0.25) is 9.69 Å². The van der Waals surface area contributed by atoms with Crippen molar-refractivity contribution in [1.29, 1.82) is 0 Å². The number of rotatable bonds is 3. The summed E-state index contributed by atoms with van der Waals surface area (Å²) in [4.78, 5) is 14.2. The van der Waals surface area contributed by atoms with Gasteiger partial charge >= 0.3 is 0 Å². The van der Waals surface area contributed by atoms with Crippen LogP contribution in [0.3, 0.4) is 0 Å². The zero-order chi connectivity index (χ0) is 14.8. The number of β-lactam (4-membered cyclic amide) rings is 1. The molecule has 1 saturated heterocycles. The van der Waals surface area contributed by atoms with Gasteiger partial charge in [0.25, 0.3) is 5.91 Å². The van der Waals surface area contributed by atoms with Gasteiger partial charge in [0, 0.05) is 11.3 Å². The lowest BCUT2D eigenvalue weighted by Crippen LogP contribution is -2.49. The zero-order valence-electron chi connectivity index (χ0n) is 12.1. The summed E-state index contributed by atoms with van der Waals surface area (Å²) in [5, 5.41) is 0. The summed E-state index contributed by atoms with van der Waals surface area (Å²) < 4.78 is 5.17. The van der Waals surface area contributed by atoms with Crippen molar-refractivity contribution in [2.45, 2.75) is 13.0 Å². The van der Waals surface area contributed by atoms with E-state index in [4.69, 9.17) is 4.74 Å². The summed E-state index contributed by atoms with van der Waals surface area (Å²) in [6.45, 7) is 1.91. The van der Waals surface area contributed by atoms with E-state index in [1.165, 1.54) is 0 Å². The van der Waals surface area contributed by atoms with Crippen LogP contribution >= 0.6 is 0 Å². The van der Waals surface area contributed by atoms with Crippen LogP contribution in [0.1, 0.15) is 18.5 Å². The molecule has 1 fully saturated rings. The molecule has 21 heavy (non-hydrogen) atoms.